The Hall–Kier alpha value is -0.0400. The fraction of sp³-hybridized carbons (Fsp3) is 1.00. The van der Waals surface area contributed by atoms with Crippen LogP contribution in [0.4, 0.5) is 0 Å². The normalized spacial score (nSPS) is 12.5. The molecule has 0 fully saturated rings. The van der Waals surface area contributed by atoms with Gasteiger partial charge in [-0.15, -0.1) is 0 Å². The zero-order chi connectivity index (χ0) is 8.91. The number of nitrogens with zero attached hydrogens (tertiary/aromatic N) is 1. The first-order valence-corrected chi connectivity index (χ1v) is 4.83. The molecule has 1 nitrogen and oxygen atoms in total. The van der Waals surface area contributed by atoms with Gasteiger partial charge in [-0.05, 0) is 39.8 Å². The van der Waals surface area contributed by atoms with Gasteiger partial charge in [0.15, 0.2) is 0 Å². The molecule has 0 aromatic carbocycles. The molecule has 0 amide bonds. The van der Waals surface area contributed by atoms with Gasteiger partial charge >= 0.3 is 0 Å². The number of hydrogen-bond acceptors (Lipinski definition) is 1. The minimum absolute atomic E-state index is 0.394. The lowest BCUT2D eigenvalue weighted by Crippen LogP contribution is -2.43. The van der Waals surface area contributed by atoms with Crippen LogP contribution >= 0.6 is 0 Å². The van der Waals surface area contributed by atoms with Crippen LogP contribution in [0.3, 0.4) is 0 Å². The number of hydrogen-bond donors (Lipinski definition) is 0. The van der Waals surface area contributed by atoms with Crippen molar-refractivity contribution in [2.24, 2.45) is 0 Å². The van der Waals surface area contributed by atoms with Crippen molar-refractivity contribution in [1.82, 2.24) is 4.90 Å². The molecule has 0 N–H and O–H groups in total. The van der Waals surface area contributed by atoms with Crippen molar-refractivity contribution in [3.05, 3.63) is 0 Å². The largest absolute Gasteiger partial charge is 0.299 e. The second-order valence-electron chi connectivity index (χ2n) is 3.75. The molecule has 68 valence electrons. The topological polar surface area (TPSA) is 3.24 Å². The van der Waals surface area contributed by atoms with Gasteiger partial charge in [-0.3, -0.25) is 4.90 Å². The highest BCUT2D eigenvalue weighted by atomic mass is 15.2. The predicted octanol–water partition coefficient (Wildman–Crippen LogP) is 2.91. The van der Waals surface area contributed by atoms with Crippen LogP contribution in [-0.4, -0.2) is 23.5 Å². The van der Waals surface area contributed by atoms with Crippen LogP contribution in [0.2, 0.25) is 0 Å². The minimum Gasteiger partial charge on any atom is -0.299 e. The van der Waals surface area contributed by atoms with E-state index in [-0.39, 0.29) is 0 Å². The molecule has 0 radical (unpaired) electrons. The van der Waals surface area contributed by atoms with E-state index in [0.29, 0.717) is 5.54 Å². The lowest BCUT2D eigenvalue weighted by molar-refractivity contribution is 0.123. The highest BCUT2D eigenvalue weighted by Gasteiger charge is 2.21. The molecule has 11 heavy (non-hydrogen) atoms. The van der Waals surface area contributed by atoms with E-state index in [1.165, 1.54) is 25.9 Å². The maximum Gasteiger partial charge on any atom is 0.0150 e. The van der Waals surface area contributed by atoms with E-state index in [1.54, 1.807) is 0 Å². The summed E-state index contributed by atoms with van der Waals surface area (Å²) < 4.78 is 0. The summed E-state index contributed by atoms with van der Waals surface area (Å²) in [6.07, 6.45) is 2.50. The third-order valence-corrected chi connectivity index (χ3v) is 2.60. The molecule has 0 aromatic heterocycles. The molecule has 0 aromatic rings. The summed E-state index contributed by atoms with van der Waals surface area (Å²) in [6.45, 7) is 13.8. The van der Waals surface area contributed by atoms with Crippen molar-refractivity contribution in [2.75, 3.05) is 13.1 Å². The standard InChI is InChI=1S/C10H23N/c1-6-9-11(8-3)10(4,5)7-2/h6-9H2,1-5H3. The Kier molecular flexibility index (Phi) is 4.74. The van der Waals surface area contributed by atoms with E-state index in [1.807, 2.05) is 0 Å². The summed E-state index contributed by atoms with van der Waals surface area (Å²) in [4.78, 5) is 2.55. The molecule has 0 aliphatic carbocycles. The van der Waals surface area contributed by atoms with Crippen LogP contribution in [0.15, 0.2) is 0 Å². The Balaban J connectivity index is 3.99. The average Bonchev–Trinajstić information content (AvgIpc) is 2.00. The molecule has 0 bridgehead atoms. The third-order valence-electron chi connectivity index (χ3n) is 2.60. The van der Waals surface area contributed by atoms with Crippen molar-refractivity contribution in [3.8, 4) is 0 Å². The lowest BCUT2D eigenvalue weighted by atomic mass is 9.99. The van der Waals surface area contributed by atoms with Crippen LogP contribution in [-0.2, 0) is 0 Å². The zero-order valence-corrected chi connectivity index (χ0v) is 8.78. The van der Waals surface area contributed by atoms with E-state index >= 15 is 0 Å². The van der Waals surface area contributed by atoms with Gasteiger partial charge in [0.1, 0.15) is 0 Å². The summed E-state index contributed by atoms with van der Waals surface area (Å²) in [5.74, 6) is 0. The molecular formula is C10H23N. The molecule has 0 atom stereocenters. The zero-order valence-electron chi connectivity index (χ0n) is 8.78. The fourth-order valence-corrected chi connectivity index (χ4v) is 1.38. The second-order valence-corrected chi connectivity index (χ2v) is 3.75. The second kappa shape index (κ2) is 4.76. The molecule has 0 aliphatic heterocycles. The van der Waals surface area contributed by atoms with Crippen LogP contribution in [0.25, 0.3) is 0 Å². The Morgan fingerprint density at radius 3 is 1.91 bits per heavy atom. The van der Waals surface area contributed by atoms with E-state index < -0.39 is 0 Å². The van der Waals surface area contributed by atoms with E-state index in [4.69, 9.17) is 0 Å². The SMILES string of the molecule is CCCN(CC)C(C)(C)CC. The quantitative estimate of drug-likeness (QED) is 0.593. The van der Waals surface area contributed by atoms with E-state index in [2.05, 4.69) is 39.5 Å². The summed E-state index contributed by atoms with van der Waals surface area (Å²) in [7, 11) is 0. The van der Waals surface area contributed by atoms with Gasteiger partial charge in [-0.1, -0.05) is 20.8 Å². The fourth-order valence-electron chi connectivity index (χ4n) is 1.38. The van der Waals surface area contributed by atoms with Crippen LogP contribution in [0.1, 0.15) is 47.5 Å². The summed E-state index contributed by atoms with van der Waals surface area (Å²) in [5, 5.41) is 0. The van der Waals surface area contributed by atoms with Gasteiger partial charge in [0.05, 0.1) is 0 Å². The monoisotopic (exact) mass is 157 g/mol. The van der Waals surface area contributed by atoms with Crippen molar-refractivity contribution in [3.63, 3.8) is 0 Å². The molecule has 0 rings (SSSR count). The van der Waals surface area contributed by atoms with Crippen LogP contribution in [0.5, 0.6) is 0 Å². The summed E-state index contributed by atoms with van der Waals surface area (Å²) in [6, 6.07) is 0. The van der Waals surface area contributed by atoms with Gasteiger partial charge in [-0.2, -0.15) is 0 Å². The van der Waals surface area contributed by atoms with Crippen molar-refractivity contribution < 1.29 is 0 Å². The van der Waals surface area contributed by atoms with Gasteiger partial charge in [0, 0.05) is 5.54 Å². The predicted molar refractivity (Wildman–Crippen MR) is 51.9 cm³/mol. The van der Waals surface area contributed by atoms with E-state index in [0.717, 1.165) is 0 Å². The molecule has 0 unspecified atom stereocenters. The van der Waals surface area contributed by atoms with Gasteiger partial charge in [0.25, 0.3) is 0 Å². The Morgan fingerprint density at radius 2 is 1.64 bits per heavy atom. The van der Waals surface area contributed by atoms with Gasteiger partial charge in [0.2, 0.25) is 0 Å². The molecule has 0 spiro atoms. The first-order chi connectivity index (χ1) is 5.08. The van der Waals surface area contributed by atoms with Gasteiger partial charge < -0.3 is 0 Å². The molecule has 0 saturated heterocycles. The first kappa shape index (κ1) is 11.0. The Labute approximate surface area is 71.8 Å². The highest BCUT2D eigenvalue weighted by Crippen LogP contribution is 2.17. The van der Waals surface area contributed by atoms with Crippen molar-refractivity contribution >= 4 is 0 Å². The minimum atomic E-state index is 0.394. The lowest BCUT2D eigenvalue weighted by Gasteiger charge is -2.37. The summed E-state index contributed by atoms with van der Waals surface area (Å²) in [5.41, 5.74) is 0.394. The number of rotatable bonds is 5. The van der Waals surface area contributed by atoms with Crippen molar-refractivity contribution in [1.29, 1.82) is 0 Å². The summed E-state index contributed by atoms with van der Waals surface area (Å²) >= 11 is 0. The smallest absolute Gasteiger partial charge is 0.0150 e. The first-order valence-electron chi connectivity index (χ1n) is 4.83. The molecular weight excluding hydrogens is 134 g/mol. The van der Waals surface area contributed by atoms with Crippen molar-refractivity contribution in [2.45, 2.75) is 53.0 Å². The molecule has 0 saturated carbocycles. The Bertz CT molecular complexity index is 97.0. The molecule has 1 heteroatoms. The highest BCUT2D eigenvalue weighted by molar-refractivity contribution is 4.78. The average molecular weight is 157 g/mol. The molecule has 0 heterocycles. The Morgan fingerprint density at radius 1 is 1.09 bits per heavy atom. The van der Waals surface area contributed by atoms with E-state index in [9.17, 15) is 0 Å². The third kappa shape index (κ3) is 3.24. The molecule has 0 aliphatic rings. The maximum atomic E-state index is 2.55. The van der Waals surface area contributed by atoms with Gasteiger partial charge in [-0.25, -0.2) is 0 Å². The van der Waals surface area contributed by atoms with Crippen LogP contribution in [0, 0.1) is 0 Å². The van der Waals surface area contributed by atoms with Crippen LogP contribution < -0.4 is 0 Å². The maximum absolute atomic E-state index is 2.55.